The molecular weight excluding hydrogens is 402 g/mol. The topological polar surface area (TPSA) is 88.6 Å². The quantitative estimate of drug-likeness (QED) is 0.600. The number of carbonyl (C=O) groups is 1. The first kappa shape index (κ1) is 21.3. The van der Waals surface area contributed by atoms with E-state index in [4.69, 9.17) is 4.74 Å². The monoisotopic (exact) mass is 425 g/mol. The summed E-state index contributed by atoms with van der Waals surface area (Å²) in [6.07, 6.45) is 3.29. The molecule has 0 unspecified atom stereocenters. The normalized spacial score (nSPS) is 11.0. The summed E-state index contributed by atoms with van der Waals surface area (Å²) in [6, 6.07) is 16.7. The third kappa shape index (κ3) is 5.15. The first-order valence-corrected chi connectivity index (χ1v) is 10.7. The highest BCUT2D eigenvalue weighted by Gasteiger charge is 2.27. The van der Waals surface area contributed by atoms with E-state index in [1.54, 1.807) is 54.9 Å². The molecule has 30 heavy (non-hydrogen) atoms. The van der Waals surface area contributed by atoms with E-state index in [1.165, 1.54) is 19.2 Å². The minimum Gasteiger partial charge on any atom is -0.497 e. The predicted octanol–water partition coefficient (Wildman–Crippen LogP) is 2.91. The maximum Gasteiger partial charge on any atom is 0.264 e. The molecule has 0 spiro atoms. The molecule has 3 aromatic rings. The summed E-state index contributed by atoms with van der Waals surface area (Å²) in [7, 11) is -2.46. The summed E-state index contributed by atoms with van der Waals surface area (Å²) in [6.45, 7) is 1.82. The number of nitrogens with one attached hydrogen (secondary N) is 1. The number of sulfonamides is 1. The van der Waals surface area contributed by atoms with Crippen LogP contribution >= 0.6 is 0 Å². The highest BCUT2D eigenvalue weighted by Crippen LogP contribution is 2.25. The minimum atomic E-state index is -3.97. The van der Waals surface area contributed by atoms with E-state index in [-0.39, 0.29) is 18.0 Å². The van der Waals surface area contributed by atoms with Crippen molar-refractivity contribution < 1.29 is 17.9 Å². The number of aromatic nitrogens is 1. The number of pyridine rings is 1. The van der Waals surface area contributed by atoms with Crippen LogP contribution in [0.25, 0.3) is 0 Å². The Morgan fingerprint density at radius 1 is 1.07 bits per heavy atom. The van der Waals surface area contributed by atoms with Crippen LogP contribution in [-0.4, -0.2) is 33.0 Å². The van der Waals surface area contributed by atoms with Crippen LogP contribution in [0.2, 0.25) is 0 Å². The lowest BCUT2D eigenvalue weighted by atomic mass is 10.2. The van der Waals surface area contributed by atoms with Crippen molar-refractivity contribution in [3.63, 3.8) is 0 Å². The van der Waals surface area contributed by atoms with Crippen molar-refractivity contribution in [1.29, 1.82) is 0 Å². The molecule has 0 atom stereocenters. The van der Waals surface area contributed by atoms with E-state index in [1.807, 2.05) is 13.0 Å². The van der Waals surface area contributed by atoms with Gasteiger partial charge in [-0.15, -0.1) is 0 Å². The Hall–Kier alpha value is -3.39. The number of ether oxygens (including phenoxy) is 1. The molecule has 7 nitrogen and oxygen atoms in total. The summed E-state index contributed by atoms with van der Waals surface area (Å²) in [4.78, 5) is 16.7. The van der Waals surface area contributed by atoms with Crippen LogP contribution in [0.3, 0.4) is 0 Å². The van der Waals surface area contributed by atoms with Gasteiger partial charge in [-0.2, -0.15) is 0 Å². The van der Waals surface area contributed by atoms with E-state index in [2.05, 4.69) is 10.3 Å². The van der Waals surface area contributed by atoms with Crippen molar-refractivity contribution in [2.45, 2.75) is 18.4 Å². The van der Waals surface area contributed by atoms with Crippen LogP contribution in [-0.2, 0) is 21.4 Å². The number of benzene rings is 2. The van der Waals surface area contributed by atoms with Gasteiger partial charge in [0.25, 0.3) is 10.0 Å². The van der Waals surface area contributed by atoms with Crippen molar-refractivity contribution in [3.8, 4) is 5.75 Å². The van der Waals surface area contributed by atoms with Crippen molar-refractivity contribution in [2.75, 3.05) is 18.0 Å². The number of methoxy groups -OCH3 is 1. The van der Waals surface area contributed by atoms with E-state index in [0.717, 1.165) is 15.4 Å². The summed E-state index contributed by atoms with van der Waals surface area (Å²) in [5.41, 5.74) is 2.22. The molecule has 0 radical (unpaired) electrons. The van der Waals surface area contributed by atoms with Crippen LogP contribution in [0, 0.1) is 6.92 Å². The molecule has 8 heteroatoms. The second-order valence-electron chi connectivity index (χ2n) is 6.66. The molecule has 1 heterocycles. The Labute approximate surface area is 176 Å². The van der Waals surface area contributed by atoms with Crippen molar-refractivity contribution >= 4 is 21.6 Å². The molecule has 1 aromatic heterocycles. The third-order valence-corrected chi connectivity index (χ3v) is 6.26. The van der Waals surface area contributed by atoms with Crippen LogP contribution in [0.5, 0.6) is 5.75 Å². The summed E-state index contributed by atoms with van der Waals surface area (Å²) in [5.74, 6) is 0.126. The maximum absolute atomic E-state index is 13.3. The van der Waals surface area contributed by atoms with Gasteiger partial charge >= 0.3 is 0 Å². The van der Waals surface area contributed by atoms with E-state index in [0.29, 0.717) is 11.4 Å². The molecule has 3 rings (SSSR count). The van der Waals surface area contributed by atoms with Gasteiger partial charge in [0.15, 0.2) is 0 Å². The maximum atomic E-state index is 13.3. The fourth-order valence-corrected chi connectivity index (χ4v) is 4.21. The lowest BCUT2D eigenvalue weighted by molar-refractivity contribution is -0.119. The highest BCUT2D eigenvalue weighted by molar-refractivity contribution is 7.92. The number of aryl methyl sites for hydroxylation is 1. The van der Waals surface area contributed by atoms with Gasteiger partial charge in [0.1, 0.15) is 12.3 Å². The number of anilines is 1. The van der Waals surface area contributed by atoms with E-state index < -0.39 is 15.9 Å². The molecule has 0 aliphatic rings. The molecule has 0 fully saturated rings. The predicted molar refractivity (Wildman–Crippen MR) is 115 cm³/mol. The van der Waals surface area contributed by atoms with Gasteiger partial charge in [0, 0.05) is 18.9 Å². The number of hydrogen-bond donors (Lipinski definition) is 1. The van der Waals surface area contributed by atoms with E-state index in [9.17, 15) is 13.2 Å². The van der Waals surface area contributed by atoms with Crippen LogP contribution < -0.4 is 14.4 Å². The van der Waals surface area contributed by atoms with Crippen LogP contribution in [0.1, 0.15) is 11.1 Å². The van der Waals surface area contributed by atoms with Crippen LogP contribution in [0.15, 0.2) is 78.0 Å². The molecule has 1 amide bonds. The zero-order chi connectivity index (χ0) is 21.6. The van der Waals surface area contributed by atoms with Crippen molar-refractivity contribution in [2.24, 2.45) is 0 Å². The molecule has 0 saturated carbocycles. The number of rotatable bonds is 8. The average molecular weight is 426 g/mol. The fraction of sp³-hybridized carbons (Fsp3) is 0.182. The second-order valence-corrected chi connectivity index (χ2v) is 8.52. The van der Waals surface area contributed by atoms with Crippen molar-refractivity contribution in [3.05, 3.63) is 84.2 Å². The third-order valence-electron chi connectivity index (χ3n) is 4.47. The number of hydrogen-bond acceptors (Lipinski definition) is 5. The Balaban J connectivity index is 1.86. The van der Waals surface area contributed by atoms with Gasteiger partial charge in [-0.3, -0.25) is 14.1 Å². The molecule has 156 valence electrons. The molecule has 0 saturated heterocycles. The summed E-state index contributed by atoms with van der Waals surface area (Å²) in [5, 5.41) is 2.75. The molecule has 0 aliphatic heterocycles. The van der Waals surface area contributed by atoms with Gasteiger partial charge in [-0.05, 0) is 55.0 Å². The number of nitrogens with zero attached hydrogens (tertiary/aromatic N) is 2. The largest absolute Gasteiger partial charge is 0.497 e. The Morgan fingerprint density at radius 3 is 2.37 bits per heavy atom. The molecule has 1 N–H and O–H groups in total. The van der Waals surface area contributed by atoms with Crippen molar-refractivity contribution in [1.82, 2.24) is 10.3 Å². The number of amides is 1. The lowest BCUT2D eigenvalue weighted by Gasteiger charge is -2.24. The molecule has 0 aliphatic carbocycles. The second kappa shape index (κ2) is 9.41. The average Bonchev–Trinajstić information content (AvgIpc) is 2.77. The standard InChI is InChI=1S/C22H23N3O4S/c1-17-5-7-19(8-6-17)25(16-22(26)24-15-18-4-3-13-23-14-18)30(27,28)21-11-9-20(29-2)10-12-21/h3-14H,15-16H2,1-2H3,(H,24,26). The zero-order valence-corrected chi connectivity index (χ0v) is 17.6. The molecular formula is C22H23N3O4S. The summed E-state index contributed by atoms with van der Waals surface area (Å²) >= 11 is 0. The van der Waals surface area contributed by atoms with Crippen LogP contribution in [0.4, 0.5) is 5.69 Å². The van der Waals surface area contributed by atoms with E-state index >= 15 is 0 Å². The van der Waals surface area contributed by atoms with Gasteiger partial charge < -0.3 is 10.1 Å². The van der Waals surface area contributed by atoms with Gasteiger partial charge in [0.2, 0.25) is 5.91 Å². The first-order valence-electron chi connectivity index (χ1n) is 9.29. The van der Waals surface area contributed by atoms with Gasteiger partial charge in [-0.25, -0.2) is 8.42 Å². The Bertz CT molecular complexity index is 1080. The zero-order valence-electron chi connectivity index (χ0n) is 16.8. The smallest absolute Gasteiger partial charge is 0.264 e. The molecule has 0 bridgehead atoms. The number of carbonyl (C=O) groups excluding carboxylic acids is 1. The highest BCUT2D eigenvalue weighted by atomic mass is 32.2. The first-order chi connectivity index (χ1) is 14.4. The Kier molecular flexibility index (Phi) is 6.68. The van der Waals surface area contributed by atoms with Gasteiger partial charge in [-0.1, -0.05) is 23.8 Å². The van der Waals surface area contributed by atoms with Gasteiger partial charge in [0.05, 0.1) is 17.7 Å². The lowest BCUT2D eigenvalue weighted by Crippen LogP contribution is -2.40. The minimum absolute atomic E-state index is 0.0731. The Morgan fingerprint density at radius 2 is 1.77 bits per heavy atom. The molecule has 2 aromatic carbocycles. The summed E-state index contributed by atoms with van der Waals surface area (Å²) < 4.78 is 32.8. The SMILES string of the molecule is COc1ccc(S(=O)(=O)N(CC(=O)NCc2cccnc2)c2ccc(C)cc2)cc1. The fourth-order valence-electron chi connectivity index (χ4n) is 2.79.